The molecule has 1 aliphatic carbocycles. The van der Waals surface area contributed by atoms with Gasteiger partial charge in [0.1, 0.15) is 0 Å². The normalized spacial score (nSPS) is 27.3. The molecular formula is C16H23Cl2N3O. The van der Waals surface area contributed by atoms with E-state index in [4.69, 9.17) is 17.3 Å². The molecule has 1 saturated heterocycles. The van der Waals surface area contributed by atoms with E-state index in [9.17, 15) is 4.79 Å². The summed E-state index contributed by atoms with van der Waals surface area (Å²) < 4.78 is 0. The van der Waals surface area contributed by atoms with Crippen LogP contribution in [0.15, 0.2) is 18.2 Å². The lowest BCUT2D eigenvalue weighted by Gasteiger charge is -2.18. The molecule has 1 heterocycles. The van der Waals surface area contributed by atoms with E-state index in [0.717, 1.165) is 25.1 Å². The minimum Gasteiger partial charge on any atom is -0.327 e. The molecule has 1 saturated carbocycles. The molecule has 1 aliphatic heterocycles. The summed E-state index contributed by atoms with van der Waals surface area (Å²) in [5.41, 5.74) is 7.89. The van der Waals surface area contributed by atoms with Crippen molar-refractivity contribution in [3.05, 3.63) is 28.8 Å². The molecule has 1 aromatic rings. The van der Waals surface area contributed by atoms with E-state index in [-0.39, 0.29) is 18.3 Å². The fraction of sp³-hybridized carbons (Fsp3) is 0.562. The number of nitrogens with two attached hydrogens (primary N) is 1. The number of hydrogen-bond acceptors (Lipinski definition) is 3. The highest BCUT2D eigenvalue weighted by atomic mass is 35.5. The van der Waals surface area contributed by atoms with Crippen molar-refractivity contribution in [3.63, 3.8) is 0 Å². The first-order valence-electron chi connectivity index (χ1n) is 7.57. The van der Waals surface area contributed by atoms with Crippen molar-refractivity contribution in [2.24, 2.45) is 17.6 Å². The number of amides is 1. The second-order valence-corrected chi connectivity index (χ2v) is 6.80. The first kappa shape index (κ1) is 17.5. The number of rotatable bonds is 3. The second kappa shape index (κ2) is 7.18. The van der Waals surface area contributed by atoms with Gasteiger partial charge in [-0.15, -0.1) is 12.4 Å². The summed E-state index contributed by atoms with van der Waals surface area (Å²) in [6.45, 7) is 4.34. The van der Waals surface area contributed by atoms with Gasteiger partial charge in [0, 0.05) is 19.1 Å². The predicted molar refractivity (Wildman–Crippen MR) is 92.7 cm³/mol. The largest absolute Gasteiger partial charge is 0.327 e. The minimum absolute atomic E-state index is 0. The average molecular weight is 344 g/mol. The standard InChI is InChI=1S/C16H22ClN3O.ClH/c1-10-2-5-15(13(17)6-10)19-16(21)9-20-7-11-3-4-14(18)12(11)8-20;/h2,5-6,11-12,14H,3-4,7-9,18H2,1H3,(H,19,21);1H. The highest BCUT2D eigenvalue weighted by Gasteiger charge is 2.41. The fourth-order valence-corrected chi connectivity index (χ4v) is 3.93. The lowest BCUT2D eigenvalue weighted by atomic mass is 9.98. The average Bonchev–Trinajstić information content (AvgIpc) is 2.95. The van der Waals surface area contributed by atoms with Crippen molar-refractivity contribution < 1.29 is 4.79 Å². The van der Waals surface area contributed by atoms with Gasteiger partial charge in [-0.3, -0.25) is 9.69 Å². The van der Waals surface area contributed by atoms with Crippen LogP contribution in [0, 0.1) is 18.8 Å². The summed E-state index contributed by atoms with van der Waals surface area (Å²) in [7, 11) is 0. The number of likely N-dealkylation sites (tertiary alicyclic amines) is 1. The van der Waals surface area contributed by atoms with Crippen molar-refractivity contribution in [1.82, 2.24) is 4.90 Å². The lowest BCUT2D eigenvalue weighted by Crippen LogP contribution is -2.34. The number of hydrogen-bond donors (Lipinski definition) is 2. The third-order valence-corrected chi connectivity index (χ3v) is 5.07. The number of fused-ring (bicyclic) bond motifs is 1. The zero-order valence-corrected chi connectivity index (χ0v) is 14.3. The SMILES string of the molecule is Cc1ccc(NC(=O)CN2CC3CCC(N)C3C2)c(Cl)c1.Cl. The van der Waals surface area contributed by atoms with Gasteiger partial charge in [-0.2, -0.15) is 0 Å². The van der Waals surface area contributed by atoms with E-state index in [0.29, 0.717) is 35.1 Å². The van der Waals surface area contributed by atoms with Gasteiger partial charge in [-0.05, 0) is 49.3 Å². The van der Waals surface area contributed by atoms with Gasteiger partial charge >= 0.3 is 0 Å². The van der Waals surface area contributed by atoms with Gasteiger partial charge in [-0.1, -0.05) is 17.7 Å². The molecule has 3 unspecified atom stereocenters. The topological polar surface area (TPSA) is 58.4 Å². The second-order valence-electron chi connectivity index (χ2n) is 6.39. The zero-order chi connectivity index (χ0) is 15.0. The van der Waals surface area contributed by atoms with Crippen molar-refractivity contribution in [3.8, 4) is 0 Å². The number of carbonyl (C=O) groups is 1. The molecule has 0 aromatic heterocycles. The Morgan fingerprint density at radius 2 is 2.18 bits per heavy atom. The van der Waals surface area contributed by atoms with Crippen LogP contribution in [0.25, 0.3) is 0 Å². The van der Waals surface area contributed by atoms with Gasteiger partial charge < -0.3 is 11.1 Å². The maximum absolute atomic E-state index is 12.2. The zero-order valence-electron chi connectivity index (χ0n) is 12.7. The Labute approximate surface area is 142 Å². The number of aryl methyl sites for hydroxylation is 1. The Bertz CT molecular complexity index is 552. The smallest absolute Gasteiger partial charge is 0.238 e. The van der Waals surface area contributed by atoms with E-state index >= 15 is 0 Å². The van der Waals surface area contributed by atoms with E-state index in [1.807, 2.05) is 25.1 Å². The number of nitrogens with one attached hydrogen (secondary N) is 1. The maximum atomic E-state index is 12.2. The Kier molecular flexibility index (Phi) is 5.72. The van der Waals surface area contributed by atoms with Crippen molar-refractivity contribution in [2.45, 2.75) is 25.8 Å². The molecule has 1 aromatic carbocycles. The number of nitrogens with zero attached hydrogens (tertiary/aromatic N) is 1. The van der Waals surface area contributed by atoms with E-state index in [1.54, 1.807) is 0 Å². The molecule has 6 heteroatoms. The number of benzene rings is 1. The van der Waals surface area contributed by atoms with Crippen molar-refractivity contribution >= 4 is 35.6 Å². The quantitative estimate of drug-likeness (QED) is 0.886. The van der Waals surface area contributed by atoms with E-state index < -0.39 is 0 Å². The van der Waals surface area contributed by atoms with Crippen molar-refractivity contribution in [2.75, 3.05) is 25.0 Å². The van der Waals surface area contributed by atoms with Crippen LogP contribution in [0.5, 0.6) is 0 Å². The van der Waals surface area contributed by atoms with Crippen LogP contribution in [0.1, 0.15) is 18.4 Å². The van der Waals surface area contributed by atoms with Crippen molar-refractivity contribution in [1.29, 1.82) is 0 Å². The number of anilines is 1. The molecule has 2 aliphatic rings. The van der Waals surface area contributed by atoms with Gasteiger partial charge in [0.2, 0.25) is 5.91 Å². The van der Waals surface area contributed by atoms with E-state index in [2.05, 4.69) is 10.2 Å². The number of halogens is 2. The van der Waals surface area contributed by atoms with Gasteiger partial charge in [0.05, 0.1) is 17.3 Å². The molecule has 2 fully saturated rings. The summed E-state index contributed by atoms with van der Waals surface area (Å²) in [6, 6.07) is 5.97. The van der Waals surface area contributed by atoms with E-state index in [1.165, 1.54) is 6.42 Å². The Morgan fingerprint density at radius 3 is 2.86 bits per heavy atom. The summed E-state index contributed by atoms with van der Waals surface area (Å²) >= 11 is 6.14. The van der Waals surface area contributed by atoms with Crippen LogP contribution in [0.4, 0.5) is 5.69 Å². The molecule has 0 spiro atoms. The summed E-state index contributed by atoms with van der Waals surface area (Å²) in [6.07, 6.45) is 2.34. The molecule has 3 rings (SSSR count). The highest BCUT2D eigenvalue weighted by molar-refractivity contribution is 6.33. The molecule has 3 N–H and O–H groups in total. The molecule has 0 radical (unpaired) electrons. The van der Waals surface area contributed by atoms with Gasteiger partial charge in [-0.25, -0.2) is 0 Å². The van der Waals surface area contributed by atoms with Crippen LogP contribution in [0.2, 0.25) is 5.02 Å². The highest BCUT2D eigenvalue weighted by Crippen LogP contribution is 2.36. The van der Waals surface area contributed by atoms with Crippen LogP contribution < -0.4 is 11.1 Å². The third-order valence-electron chi connectivity index (χ3n) is 4.75. The molecular weight excluding hydrogens is 321 g/mol. The van der Waals surface area contributed by atoms with Gasteiger partial charge in [0.15, 0.2) is 0 Å². The first-order valence-corrected chi connectivity index (χ1v) is 7.94. The van der Waals surface area contributed by atoms with Crippen LogP contribution in [-0.2, 0) is 4.79 Å². The monoisotopic (exact) mass is 343 g/mol. The Morgan fingerprint density at radius 1 is 1.41 bits per heavy atom. The Balaban J connectivity index is 0.00000176. The van der Waals surface area contributed by atoms with Crippen LogP contribution in [0.3, 0.4) is 0 Å². The Hall–Kier alpha value is -0.810. The molecule has 1 amide bonds. The minimum atomic E-state index is -0.00528. The molecule has 0 bridgehead atoms. The number of carbonyl (C=O) groups excluding carboxylic acids is 1. The van der Waals surface area contributed by atoms with Crippen LogP contribution in [-0.4, -0.2) is 36.5 Å². The first-order chi connectivity index (χ1) is 10.0. The third kappa shape index (κ3) is 3.74. The predicted octanol–water partition coefficient (Wildman–Crippen LogP) is 2.68. The molecule has 122 valence electrons. The van der Waals surface area contributed by atoms with Crippen LogP contribution >= 0.6 is 24.0 Å². The van der Waals surface area contributed by atoms with Gasteiger partial charge in [0.25, 0.3) is 0 Å². The molecule has 4 nitrogen and oxygen atoms in total. The summed E-state index contributed by atoms with van der Waals surface area (Å²) in [4.78, 5) is 14.4. The summed E-state index contributed by atoms with van der Waals surface area (Å²) in [5, 5.41) is 3.48. The maximum Gasteiger partial charge on any atom is 0.238 e. The molecule has 22 heavy (non-hydrogen) atoms. The fourth-order valence-electron chi connectivity index (χ4n) is 3.64. The lowest BCUT2D eigenvalue weighted by molar-refractivity contribution is -0.117. The molecule has 3 atom stereocenters. The summed E-state index contributed by atoms with van der Waals surface area (Å²) in [5.74, 6) is 1.24.